The van der Waals surface area contributed by atoms with E-state index in [4.69, 9.17) is 4.74 Å². The SMILES string of the molecule is Cc1[nH]cnc1COC(=O)C(I)c1ccccc1. The van der Waals surface area contributed by atoms with Crippen molar-refractivity contribution in [3.05, 3.63) is 53.6 Å². The lowest BCUT2D eigenvalue weighted by Crippen LogP contribution is -2.11. The van der Waals surface area contributed by atoms with E-state index < -0.39 is 0 Å². The summed E-state index contributed by atoms with van der Waals surface area (Å²) in [4.78, 5) is 18.9. The molecule has 0 bridgehead atoms. The summed E-state index contributed by atoms with van der Waals surface area (Å²) in [7, 11) is 0. The van der Waals surface area contributed by atoms with Gasteiger partial charge in [-0.15, -0.1) is 0 Å². The highest BCUT2D eigenvalue weighted by Gasteiger charge is 2.18. The highest BCUT2D eigenvalue weighted by Crippen LogP contribution is 2.24. The number of halogens is 1. The fourth-order valence-electron chi connectivity index (χ4n) is 1.50. The minimum absolute atomic E-state index is 0.209. The van der Waals surface area contributed by atoms with Gasteiger partial charge in [0.2, 0.25) is 0 Å². The fourth-order valence-corrected chi connectivity index (χ4v) is 2.10. The number of benzene rings is 1. The lowest BCUT2D eigenvalue weighted by molar-refractivity contribution is -0.144. The van der Waals surface area contributed by atoms with E-state index in [1.54, 1.807) is 6.33 Å². The molecule has 1 unspecified atom stereocenters. The molecule has 1 aromatic carbocycles. The molecule has 0 aliphatic rings. The largest absolute Gasteiger partial charge is 0.458 e. The summed E-state index contributed by atoms with van der Waals surface area (Å²) in [6, 6.07) is 9.57. The van der Waals surface area contributed by atoms with Crippen molar-refractivity contribution in [1.29, 1.82) is 0 Å². The van der Waals surface area contributed by atoms with Crippen LogP contribution in [0.15, 0.2) is 36.7 Å². The molecule has 18 heavy (non-hydrogen) atoms. The molecule has 0 radical (unpaired) electrons. The van der Waals surface area contributed by atoms with Crippen LogP contribution in [0, 0.1) is 6.92 Å². The molecular weight excluding hydrogens is 343 g/mol. The summed E-state index contributed by atoms with van der Waals surface area (Å²) in [6.07, 6.45) is 1.59. The Kier molecular flexibility index (Phi) is 4.35. The van der Waals surface area contributed by atoms with Crippen LogP contribution in [0.25, 0.3) is 0 Å². The highest BCUT2D eigenvalue weighted by atomic mass is 127. The van der Waals surface area contributed by atoms with E-state index in [1.165, 1.54) is 0 Å². The number of hydrogen-bond donors (Lipinski definition) is 1. The molecule has 0 fully saturated rings. The summed E-state index contributed by atoms with van der Waals surface area (Å²) in [5.41, 5.74) is 2.63. The van der Waals surface area contributed by atoms with Gasteiger partial charge in [0.1, 0.15) is 10.5 Å². The number of rotatable bonds is 4. The van der Waals surface area contributed by atoms with Crippen LogP contribution in [-0.4, -0.2) is 15.9 Å². The second-order valence-corrected chi connectivity index (χ2v) is 5.10. The molecule has 2 aromatic rings. The first kappa shape index (κ1) is 13.1. The van der Waals surface area contributed by atoms with Gasteiger partial charge in [0.15, 0.2) is 0 Å². The molecule has 4 nitrogen and oxygen atoms in total. The summed E-state index contributed by atoms with van der Waals surface area (Å²) >= 11 is 2.08. The second-order valence-electron chi connectivity index (χ2n) is 3.86. The van der Waals surface area contributed by atoms with Crippen LogP contribution in [0.5, 0.6) is 0 Å². The van der Waals surface area contributed by atoms with Crippen LogP contribution >= 0.6 is 22.6 Å². The number of nitrogens with one attached hydrogen (secondary N) is 1. The first-order valence-corrected chi connectivity index (χ1v) is 6.77. The van der Waals surface area contributed by atoms with Gasteiger partial charge < -0.3 is 9.72 Å². The van der Waals surface area contributed by atoms with E-state index in [9.17, 15) is 4.79 Å². The zero-order chi connectivity index (χ0) is 13.0. The smallest absolute Gasteiger partial charge is 0.323 e. The Bertz CT molecular complexity index is 525. The molecule has 1 N–H and O–H groups in total. The third-order valence-corrected chi connectivity index (χ3v) is 3.81. The zero-order valence-corrected chi connectivity index (χ0v) is 12.0. The molecule has 94 valence electrons. The minimum atomic E-state index is -0.289. The van der Waals surface area contributed by atoms with Crippen LogP contribution in [0.2, 0.25) is 0 Å². The number of aryl methyl sites for hydroxylation is 1. The molecule has 0 spiro atoms. The predicted molar refractivity (Wildman–Crippen MR) is 76.3 cm³/mol. The van der Waals surface area contributed by atoms with Crippen molar-refractivity contribution >= 4 is 28.6 Å². The molecule has 0 saturated heterocycles. The van der Waals surface area contributed by atoms with Gasteiger partial charge in [0.05, 0.1) is 12.0 Å². The Labute approximate surface area is 119 Å². The molecule has 5 heteroatoms. The third-order valence-electron chi connectivity index (χ3n) is 2.58. The number of H-pyrrole nitrogens is 1. The first-order valence-electron chi connectivity index (χ1n) is 5.53. The zero-order valence-electron chi connectivity index (χ0n) is 9.89. The standard InChI is InChI=1S/C13H13IN2O2/c1-9-11(16-8-15-9)7-18-13(17)12(14)10-5-3-2-4-6-10/h2-6,8,12H,7H2,1H3,(H,15,16). The number of esters is 1. The van der Waals surface area contributed by atoms with Gasteiger partial charge in [-0.25, -0.2) is 4.98 Å². The minimum Gasteiger partial charge on any atom is -0.458 e. The third kappa shape index (κ3) is 3.10. The molecule has 1 aromatic heterocycles. The number of hydrogen-bond acceptors (Lipinski definition) is 3. The van der Waals surface area contributed by atoms with Gasteiger partial charge in [-0.05, 0) is 12.5 Å². The fraction of sp³-hybridized carbons (Fsp3) is 0.231. The Hall–Kier alpha value is -1.37. The van der Waals surface area contributed by atoms with Crippen molar-refractivity contribution in [2.75, 3.05) is 0 Å². The summed E-state index contributed by atoms with van der Waals surface area (Å²) < 4.78 is 4.97. The Balaban J connectivity index is 1.95. The Morgan fingerprint density at radius 3 is 2.78 bits per heavy atom. The van der Waals surface area contributed by atoms with Crippen LogP contribution in [0.3, 0.4) is 0 Å². The number of alkyl halides is 1. The van der Waals surface area contributed by atoms with Gasteiger partial charge >= 0.3 is 5.97 Å². The first-order chi connectivity index (χ1) is 8.68. The van der Waals surface area contributed by atoms with Gasteiger partial charge in [-0.1, -0.05) is 52.9 Å². The van der Waals surface area contributed by atoms with Gasteiger partial charge in [0.25, 0.3) is 0 Å². The number of imidazole rings is 1. The maximum atomic E-state index is 11.9. The van der Waals surface area contributed by atoms with Gasteiger partial charge in [-0.3, -0.25) is 4.79 Å². The second kappa shape index (κ2) is 5.99. The number of aromatic nitrogens is 2. The highest BCUT2D eigenvalue weighted by molar-refractivity contribution is 14.1. The molecule has 1 heterocycles. The maximum absolute atomic E-state index is 11.9. The van der Waals surface area contributed by atoms with Gasteiger partial charge in [0, 0.05) is 5.69 Å². The van der Waals surface area contributed by atoms with E-state index in [0.717, 1.165) is 17.0 Å². The summed E-state index contributed by atoms with van der Waals surface area (Å²) in [5.74, 6) is -0.246. The Morgan fingerprint density at radius 1 is 1.44 bits per heavy atom. The van der Waals surface area contributed by atoms with Crippen molar-refractivity contribution in [3.63, 3.8) is 0 Å². The van der Waals surface area contributed by atoms with Gasteiger partial charge in [-0.2, -0.15) is 0 Å². The number of ether oxygens (including phenoxy) is 1. The van der Waals surface area contributed by atoms with Crippen molar-refractivity contribution in [2.24, 2.45) is 0 Å². The number of carbonyl (C=O) groups is 1. The molecule has 0 amide bonds. The summed E-state index contributed by atoms with van der Waals surface area (Å²) in [6.45, 7) is 2.11. The molecule has 0 aliphatic carbocycles. The van der Waals surface area contributed by atoms with Crippen molar-refractivity contribution in [1.82, 2.24) is 9.97 Å². The van der Waals surface area contributed by atoms with Crippen LogP contribution in [0.1, 0.15) is 20.9 Å². The molecule has 1 atom stereocenters. The van der Waals surface area contributed by atoms with Crippen molar-refractivity contribution in [3.8, 4) is 0 Å². The number of nitrogens with zero attached hydrogens (tertiary/aromatic N) is 1. The molecular formula is C13H13IN2O2. The molecule has 0 aliphatic heterocycles. The molecule has 0 saturated carbocycles. The van der Waals surface area contributed by atoms with Crippen molar-refractivity contribution in [2.45, 2.75) is 17.5 Å². The lowest BCUT2D eigenvalue weighted by atomic mass is 10.1. The quantitative estimate of drug-likeness (QED) is 0.521. The Morgan fingerprint density at radius 2 is 2.17 bits per heavy atom. The van der Waals surface area contributed by atoms with Crippen LogP contribution in [0.4, 0.5) is 0 Å². The molecule has 2 rings (SSSR count). The monoisotopic (exact) mass is 356 g/mol. The van der Waals surface area contributed by atoms with E-state index in [0.29, 0.717) is 0 Å². The van der Waals surface area contributed by atoms with E-state index in [1.807, 2.05) is 37.3 Å². The van der Waals surface area contributed by atoms with E-state index in [-0.39, 0.29) is 16.5 Å². The van der Waals surface area contributed by atoms with E-state index in [2.05, 4.69) is 32.6 Å². The van der Waals surface area contributed by atoms with Crippen molar-refractivity contribution < 1.29 is 9.53 Å². The average Bonchev–Trinajstić information content (AvgIpc) is 2.81. The van der Waals surface area contributed by atoms with Crippen LogP contribution in [-0.2, 0) is 16.1 Å². The topological polar surface area (TPSA) is 55.0 Å². The number of aromatic amines is 1. The average molecular weight is 356 g/mol. The normalized spacial score (nSPS) is 12.1. The van der Waals surface area contributed by atoms with Crippen LogP contribution < -0.4 is 0 Å². The predicted octanol–water partition coefficient (Wildman–Crippen LogP) is 2.94. The van der Waals surface area contributed by atoms with E-state index >= 15 is 0 Å². The maximum Gasteiger partial charge on any atom is 0.323 e. The lowest BCUT2D eigenvalue weighted by Gasteiger charge is -2.09. The number of carbonyl (C=O) groups excluding carboxylic acids is 1. The summed E-state index contributed by atoms with van der Waals surface area (Å²) in [5, 5.41) is 0.